The lowest BCUT2D eigenvalue weighted by Gasteiger charge is -2.13. The first-order valence-corrected chi connectivity index (χ1v) is 10.2. The monoisotopic (exact) mass is 434 g/mol. The molecule has 1 aliphatic rings. The molecule has 1 saturated heterocycles. The van der Waals surface area contributed by atoms with Gasteiger partial charge < -0.3 is 20.9 Å². The summed E-state index contributed by atoms with van der Waals surface area (Å²) in [7, 11) is 0. The van der Waals surface area contributed by atoms with Crippen molar-refractivity contribution in [2.45, 2.75) is 31.5 Å². The first-order valence-electron chi connectivity index (χ1n) is 10.2. The van der Waals surface area contributed by atoms with E-state index in [1.807, 2.05) is 41.3 Å². The molecule has 0 spiro atoms. The predicted octanol–water partition coefficient (Wildman–Crippen LogP) is 0.965. The summed E-state index contributed by atoms with van der Waals surface area (Å²) < 4.78 is 7.83. The summed E-state index contributed by atoms with van der Waals surface area (Å²) in [6.45, 7) is 1.09. The maximum Gasteiger partial charge on any atom is 0.320 e. The number of nitrogen functional groups attached to an aromatic ring is 1. The van der Waals surface area contributed by atoms with Crippen molar-refractivity contribution in [1.82, 2.24) is 35.5 Å². The molecule has 0 amide bonds. The SMILES string of the molecule is Nc1cc(Cc2cnn(Cc3cccc(O[C@H]4CN[C@H](C(=O)O)C4)c3)c2)c2n[nH]nc2n1. The van der Waals surface area contributed by atoms with Crippen molar-refractivity contribution in [1.29, 1.82) is 0 Å². The predicted molar refractivity (Wildman–Crippen MR) is 115 cm³/mol. The number of nitrogens with two attached hydrogens (primary N) is 1. The third-order valence-corrected chi connectivity index (χ3v) is 5.41. The van der Waals surface area contributed by atoms with Gasteiger partial charge in [0.15, 0.2) is 0 Å². The van der Waals surface area contributed by atoms with Crippen LogP contribution in [0.4, 0.5) is 5.82 Å². The number of anilines is 1. The van der Waals surface area contributed by atoms with E-state index in [1.54, 1.807) is 6.07 Å². The minimum Gasteiger partial charge on any atom is -0.489 e. The fourth-order valence-corrected chi connectivity index (χ4v) is 3.94. The molecule has 2 atom stereocenters. The van der Waals surface area contributed by atoms with Gasteiger partial charge in [0, 0.05) is 25.6 Å². The maximum absolute atomic E-state index is 11.1. The summed E-state index contributed by atoms with van der Waals surface area (Å²) >= 11 is 0. The van der Waals surface area contributed by atoms with E-state index in [0.29, 0.717) is 48.7 Å². The first kappa shape index (κ1) is 19.9. The molecule has 0 unspecified atom stereocenters. The summed E-state index contributed by atoms with van der Waals surface area (Å²) in [4.78, 5) is 15.3. The van der Waals surface area contributed by atoms with E-state index >= 15 is 0 Å². The smallest absolute Gasteiger partial charge is 0.320 e. The van der Waals surface area contributed by atoms with Crippen molar-refractivity contribution in [3.63, 3.8) is 0 Å². The summed E-state index contributed by atoms with van der Waals surface area (Å²) in [5.41, 5.74) is 10.1. The standard InChI is InChI=1S/C21H22N8O3/c22-18-6-14(19-20(25-18)27-28-26-19)4-13-8-24-29(11-13)10-12-2-1-3-15(5-12)32-16-7-17(21(30)31)23-9-16/h1-3,5-6,8,11,16-17,23H,4,7,9-10H2,(H,30,31)(H3,22,25,26,27,28)/t16-,17+/m1/s1. The summed E-state index contributed by atoms with van der Waals surface area (Å²) in [6.07, 6.45) is 4.69. The van der Waals surface area contributed by atoms with Gasteiger partial charge in [-0.25, -0.2) is 4.98 Å². The van der Waals surface area contributed by atoms with Crippen LogP contribution in [-0.4, -0.2) is 59.9 Å². The zero-order chi connectivity index (χ0) is 22.1. The molecule has 5 rings (SSSR count). The Hall–Kier alpha value is -3.99. The topological polar surface area (TPSA) is 157 Å². The lowest BCUT2D eigenvalue weighted by atomic mass is 10.1. The largest absolute Gasteiger partial charge is 0.489 e. The molecule has 164 valence electrons. The highest BCUT2D eigenvalue weighted by Gasteiger charge is 2.30. The number of nitrogens with one attached hydrogen (secondary N) is 2. The number of carbonyl (C=O) groups is 1. The van der Waals surface area contributed by atoms with Gasteiger partial charge in [-0.15, -0.1) is 5.10 Å². The molecule has 0 bridgehead atoms. The van der Waals surface area contributed by atoms with Crippen LogP contribution in [0.15, 0.2) is 42.7 Å². The highest BCUT2D eigenvalue weighted by atomic mass is 16.5. The molecule has 32 heavy (non-hydrogen) atoms. The van der Waals surface area contributed by atoms with E-state index in [0.717, 1.165) is 16.7 Å². The van der Waals surface area contributed by atoms with Gasteiger partial charge in [0.25, 0.3) is 0 Å². The van der Waals surface area contributed by atoms with Gasteiger partial charge in [-0.3, -0.25) is 9.48 Å². The summed E-state index contributed by atoms with van der Waals surface area (Å²) in [6, 6.07) is 9.01. The van der Waals surface area contributed by atoms with Crippen LogP contribution < -0.4 is 15.8 Å². The van der Waals surface area contributed by atoms with E-state index in [1.165, 1.54) is 0 Å². The molecular formula is C21H22N8O3. The average molecular weight is 434 g/mol. The van der Waals surface area contributed by atoms with E-state index in [9.17, 15) is 4.79 Å². The molecule has 11 heteroatoms. The minimum atomic E-state index is -0.849. The zero-order valence-corrected chi connectivity index (χ0v) is 17.1. The van der Waals surface area contributed by atoms with Gasteiger partial charge in [-0.1, -0.05) is 12.1 Å². The fourth-order valence-electron chi connectivity index (χ4n) is 3.94. The number of nitrogens with zero attached hydrogens (tertiary/aromatic N) is 5. The van der Waals surface area contributed by atoms with Crippen molar-refractivity contribution in [3.05, 3.63) is 59.4 Å². The number of pyridine rings is 1. The minimum absolute atomic E-state index is 0.163. The van der Waals surface area contributed by atoms with E-state index in [-0.39, 0.29) is 6.10 Å². The van der Waals surface area contributed by atoms with E-state index < -0.39 is 12.0 Å². The number of ether oxygens (including phenoxy) is 1. The van der Waals surface area contributed by atoms with Crippen LogP contribution in [0, 0.1) is 0 Å². The Labute approximate surface area is 182 Å². The molecule has 5 N–H and O–H groups in total. The van der Waals surface area contributed by atoms with E-state index in [4.69, 9.17) is 15.6 Å². The molecule has 3 aromatic heterocycles. The van der Waals surface area contributed by atoms with Crippen molar-refractivity contribution in [2.24, 2.45) is 0 Å². The van der Waals surface area contributed by atoms with Crippen LogP contribution >= 0.6 is 0 Å². The molecule has 1 aliphatic heterocycles. The second-order valence-corrected chi connectivity index (χ2v) is 7.85. The molecule has 4 heterocycles. The molecular weight excluding hydrogens is 412 g/mol. The van der Waals surface area contributed by atoms with Crippen LogP contribution in [0.25, 0.3) is 11.2 Å². The van der Waals surface area contributed by atoms with Crippen LogP contribution in [0.3, 0.4) is 0 Å². The van der Waals surface area contributed by atoms with Gasteiger partial charge in [0.05, 0.1) is 12.7 Å². The Morgan fingerprint density at radius 1 is 1.28 bits per heavy atom. The quantitative estimate of drug-likeness (QED) is 0.333. The third kappa shape index (κ3) is 4.23. The third-order valence-electron chi connectivity index (χ3n) is 5.41. The molecule has 1 fully saturated rings. The number of hydrogen-bond acceptors (Lipinski definition) is 8. The van der Waals surface area contributed by atoms with Gasteiger partial charge in [0.1, 0.15) is 29.2 Å². The normalized spacial score (nSPS) is 18.2. The number of carboxylic acids is 1. The van der Waals surface area contributed by atoms with E-state index in [2.05, 4.69) is 30.8 Å². The van der Waals surface area contributed by atoms with Gasteiger partial charge in [-0.05, 0) is 34.9 Å². The second kappa shape index (κ2) is 8.27. The second-order valence-electron chi connectivity index (χ2n) is 7.85. The number of aromatic amines is 1. The number of H-pyrrole nitrogens is 1. The van der Waals surface area contributed by atoms with Gasteiger partial charge in [-0.2, -0.15) is 15.4 Å². The first-order chi connectivity index (χ1) is 15.5. The van der Waals surface area contributed by atoms with Crippen molar-refractivity contribution >= 4 is 23.0 Å². The van der Waals surface area contributed by atoms with Crippen molar-refractivity contribution < 1.29 is 14.6 Å². The molecule has 0 saturated carbocycles. The Kier molecular flexibility index (Phi) is 5.15. The van der Waals surface area contributed by atoms with Crippen LogP contribution in [-0.2, 0) is 17.8 Å². The van der Waals surface area contributed by atoms with Crippen LogP contribution in [0.1, 0.15) is 23.1 Å². The lowest BCUT2D eigenvalue weighted by molar-refractivity contribution is -0.139. The fraction of sp³-hybridized carbons (Fsp3) is 0.286. The lowest BCUT2D eigenvalue weighted by Crippen LogP contribution is -2.30. The Balaban J connectivity index is 1.25. The molecule has 0 aliphatic carbocycles. The maximum atomic E-state index is 11.1. The Morgan fingerprint density at radius 3 is 3.03 bits per heavy atom. The van der Waals surface area contributed by atoms with Crippen LogP contribution in [0.2, 0.25) is 0 Å². The molecule has 1 aromatic carbocycles. The van der Waals surface area contributed by atoms with Crippen molar-refractivity contribution in [3.8, 4) is 5.75 Å². The zero-order valence-electron chi connectivity index (χ0n) is 17.1. The number of aromatic nitrogens is 6. The van der Waals surface area contributed by atoms with Crippen LogP contribution in [0.5, 0.6) is 5.75 Å². The Morgan fingerprint density at radius 2 is 2.19 bits per heavy atom. The molecule has 0 radical (unpaired) electrons. The van der Waals surface area contributed by atoms with Gasteiger partial charge >= 0.3 is 5.97 Å². The number of hydrogen-bond donors (Lipinski definition) is 4. The summed E-state index contributed by atoms with van der Waals surface area (Å²) in [5.74, 6) is 0.268. The number of carboxylic acid groups (broad SMARTS) is 1. The summed E-state index contributed by atoms with van der Waals surface area (Å²) in [5, 5.41) is 27.3. The average Bonchev–Trinajstić information content (AvgIpc) is 3.49. The number of benzene rings is 1. The van der Waals surface area contributed by atoms with Crippen molar-refractivity contribution in [2.75, 3.05) is 12.3 Å². The Bertz CT molecular complexity index is 1270. The highest BCUT2D eigenvalue weighted by Crippen LogP contribution is 2.21. The number of fused-ring (bicyclic) bond motifs is 1. The highest BCUT2D eigenvalue weighted by molar-refractivity contribution is 5.76. The number of aliphatic carboxylic acids is 1. The number of rotatable bonds is 7. The molecule has 4 aromatic rings. The van der Waals surface area contributed by atoms with Gasteiger partial charge in [0.2, 0.25) is 5.65 Å². The molecule has 11 nitrogen and oxygen atoms in total.